The van der Waals surface area contributed by atoms with E-state index in [-0.39, 0.29) is 22.9 Å². The lowest BCUT2D eigenvalue weighted by atomic mass is 9.75. The minimum atomic E-state index is -0.650. The number of benzene rings is 2. The van der Waals surface area contributed by atoms with Gasteiger partial charge in [-0.1, -0.05) is 12.1 Å². The molecular weight excluding hydrogens is 396 g/mol. The molecule has 1 atom stereocenters. The van der Waals surface area contributed by atoms with Crippen molar-refractivity contribution in [2.24, 2.45) is 5.73 Å². The minimum absolute atomic E-state index is 0.0386. The Hall–Kier alpha value is -4.12. The molecule has 1 aliphatic carbocycles. The minimum Gasteiger partial charge on any atom is -0.497 e. The summed E-state index contributed by atoms with van der Waals surface area (Å²) in [5, 5.41) is 21.0. The molecule has 0 radical (unpaired) electrons. The largest absolute Gasteiger partial charge is 0.497 e. The van der Waals surface area contributed by atoms with Gasteiger partial charge < -0.3 is 10.5 Å². The third-order valence-corrected chi connectivity index (χ3v) is 5.68. The number of nitriles is 1. The lowest BCUT2D eigenvalue weighted by Crippen LogP contribution is -2.38. The van der Waals surface area contributed by atoms with Crippen LogP contribution in [0.2, 0.25) is 0 Å². The van der Waals surface area contributed by atoms with Crippen LogP contribution in [0.3, 0.4) is 0 Å². The second kappa shape index (κ2) is 7.95. The Labute approximate surface area is 179 Å². The molecule has 0 spiro atoms. The summed E-state index contributed by atoms with van der Waals surface area (Å²) >= 11 is 0. The fourth-order valence-electron chi connectivity index (χ4n) is 4.23. The van der Waals surface area contributed by atoms with E-state index in [0.29, 0.717) is 36.1 Å². The summed E-state index contributed by atoms with van der Waals surface area (Å²) in [6.07, 6.45) is 1.71. The van der Waals surface area contributed by atoms with Crippen LogP contribution in [0.15, 0.2) is 71.2 Å². The van der Waals surface area contributed by atoms with Gasteiger partial charge in [0.05, 0.1) is 29.6 Å². The lowest BCUT2D eigenvalue weighted by molar-refractivity contribution is -0.384. The quantitative estimate of drug-likeness (QED) is 0.592. The van der Waals surface area contributed by atoms with Crippen molar-refractivity contribution in [1.82, 2.24) is 0 Å². The van der Waals surface area contributed by atoms with Crippen molar-refractivity contribution in [3.8, 4) is 11.8 Å². The van der Waals surface area contributed by atoms with Gasteiger partial charge >= 0.3 is 0 Å². The Morgan fingerprint density at radius 2 is 1.84 bits per heavy atom. The van der Waals surface area contributed by atoms with Crippen LogP contribution >= 0.6 is 0 Å². The number of rotatable bonds is 4. The first-order chi connectivity index (χ1) is 15.0. The molecule has 2 aromatic rings. The van der Waals surface area contributed by atoms with E-state index in [4.69, 9.17) is 10.5 Å². The topological polar surface area (TPSA) is 122 Å². The third-order valence-electron chi connectivity index (χ3n) is 5.68. The molecule has 8 heteroatoms. The maximum atomic E-state index is 13.0. The van der Waals surface area contributed by atoms with Crippen LogP contribution in [-0.4, -0.2) is 17.8 Å². The van der Waals surface area contributed by atoms with Gasteiger partial charge in [0.1, 0.15) is 11.6 Å². The molecule has 2 aliphatic rings. The van der Waals surface area contributed by atoms with Crippen LogP contribution in [0.5, 0.6) is 5.75 Å². The summed E-state index contributed by atoms with van der Waals surface area (Å²) in [4.78, 5) is 25.4. The van der Waals surface area contributed by atoms with Gasteiger partial charge in [0.2, 0.25) is 0 Å². The molecule has 0 amide bonds. The normalized spacial score (nSPS) is 18.5. The maximum absolute atomic E-state index is 13.0. The van der Waals surface area contributed by atoms with Crippen molar-refractivity contribution >= 4 is 17.2 Å². The predicted molar refractivity (Wildman–Crippen MR) is 114 cm³/mol. The molecule has 2 N–H and O–H groups in total. The molecule has 0 fully saturated rings. The average Bonchev–Trinajstić information content (AvgIpc) is 2.79. The number of non-ortho nitro benzene ring substituents is 1. The van der Waals surface area contributed by atoms with E-state index in [1.807, 2.05) is 12.1 Å². The second-order valence-corrected chi connectivity index (χ2v) is 7.36. The third kappa shape index (κ3) is 3.40. The molecule has 1 heterocycles. The first-order valence-electron chi connectivity index (χ1n) is 9.80. The smallest absolute Gasteiger partial charge is 0.269 e. The van der Waals surface area contributed by atoms with Crippen molar-refractivity contribution in [1.29, 1.82) is 5.26 Å². The van der Waals surface area contributed by atoms with E-state index in [2.05, 4.69) is 6.07 Å². The molecule has 4 rings (SSSR count). The summed E-state index contributed by atoms with van der Waals surface area (Å²) in [7, 11) is 1.58. The summed E-state index contributed by atoms with van der Waals surface area (Å²) < 4.78 is 5.22. The molecule has 156 valence electrons. The number of methoxy groups -OCH3 is 1. The Kier molecular flexibility index (Phi) is 5.17. The van der Waals surface area contributed by atoms with Gasteiger partial charge in [-0.3, -0.25) is 19.8 Å². The summed E-state index contributed by atoms with van der Waals surface area (Å²) in [5.41, 5.74) is 9.34. The highest BCUT2D eigenvalue weighted by Crippen LogP contribution is 2.46. The van der Waals surface area contributed by atoms with Crippen molar-refractivity contribution in [3.63, 3.8) is 0 Å². The van der Waals surface area contributed by atoms with Crippen LogP contribution in [0.4, 0.5) is 11.4 Å². The highest BCUT2D eigenvalue weighted by Gasteiger charge is 2.40. The van der Waals surface area contributed by atoms with Crippen molar-refractivity contribution in [2.45, 2.75) is 25.2 Å². The monoisotopic (exact) mass is 416 g/mol. The zero-order chi connectivity index (χ0) is 22.1. The second-order valence-electron chi connectivity index (χ2n) is 7.36. The van der Waals surface area contributed by atoms with Gasteiger partial charge in [0, 0.05) is 35.5 Å². The van der Waals surface area contributed by atoms with E-state index >= 15 is 0 Å². The number of allylic oxidation sites excluding steroid dienone is 3. The number of nitro groups is 1. The van der Waals surface area contributed by atoms with Gasteiger partial charge in [0.25, 0.3) is 5.69 Å². The summed E-state index contributed by atoms with van der Waals surface area (Å²) in [6.45, 7) is 0. The molecule has 0 unspecified atom stereocenters. The summed E-state index contributed by atoms with van der Waals surface area (Å²) in [5.74, 6) is 0.248. The van der Waals surface area contributed by atoms with Crippen LogP contribution in [0.1, 0.15) is 30.7 Å². The number of ether oxygens (including phenoxy) is 1. The standard InChI is InChI=1S/C23H20N4O4/c1-31-17-11-9-15(10-12-17)26-19-3-2-4-20(28)22(19)21(18(13-24)23(26)25)14-5-7-16(8-6-14)27(29)30/h5-12,21H,2-4,25H2,1H3/t21-/m1/s1. The molecule has 0 saturated carbocycles. The fraction of sp³-hybridized carbons (Fsp3) is 0.217. The van der Waals surface area contributed by atoms with Crippen LogP contribution in [-0.2, 0) is 4.79 Å². The van der Waals surface area contributed by atoms with Crippen molar-refractivity contribution < 1.29 is 14.5 Å². The van der Waals surface area contributed by atoms with Crippen LogP contribution in [0.25, 0.3) is 0 Å². The fourth-order valence-corrected chi connectivity index (χ4v) is 4.23. The lowest BCUT2D eigenvalue weighted by Gasteiger charge is -2.39. The Morgan fingerprint density at radius 3 is 2.42 bits per heavy atom. The number of ketones is 1. The number of nitrogens with two attached hydrogens (primary N) is 1. The van der Waals surface area contributed by atoms with Crippen LogP contribution in [0, 0.1) is 21.4 Å². The number of hydrogen-bond donors (Lipinski definition) is 1. The molecule has 0 bridgehead atoms. The first-order valence-corrected chi connectivity index (χ1v) is 9.80. The van der Waals surface area contributed by atoms with E-state index < -0.39 is 10.8 Å². The number of nitro benzene ring substituents is 1. The van der Waals surface area contributed by atoms with E-state index in [0.717, 1.165) is 11.4 Å². The SMILES string of the molecule is COc1ccc(N2C(N)=C(C#N)[C@@H](c3ccc([N+](=O)[O-])cc3)C3=C2CCCC3=O)cc1. The molecule has 0 aromatic heterocycles. The predicted octanol–water partition coefficient (Wildman–Crippen LogP) is 3.91. The number of anilines is 1. The molecule has 2 aromatic carbocycles. The molecule has 1 aliphatic heterocycles. The molecule has 8 nitrogen and oxygen atoms in total. The zero-order valence-electron chi connectivity index (χ0n) is 16.9. The maximum Gasteiger partial charge on any atom is 0.269 e. The van der Waals surface area contributed by atoms with Gasteiger partial charge in [-0.05, 0) is 42.7 Å². The van der Waals surface area contributed by atoms with Crippen molar-refractivity contribution in [2.75, 3.05) is 12.0 Å². The summed E-state index contributed by atoms with van der Waals surface area (Å²) in [6, 6.07) is 15.4. The number of nitrogens with zero attached hydrogens (tertiary/aromatic N) is 3. The van der Waals surface area contributed by atoms with Crippen molar-refractivity contribution in [3.05, 3.63) is 86.9 Å². The number of carbonyl (C=O) groups excluding carboxylic acids is 1. The van der Waals surface area contributed by atoms with E-state index in [1.54, 1.807) is 36.3 Å². The molecular formula is C23H20N4O4. The Morgan fingerprint density at radius 1 is 1.16 bits per heavy atom. The number of hydrogen-bond acceptors (Lipinski definition) is 7. The number of carbonyl (C=O) groups is 1. The highest BCUT2D eigenvalue weighted by atomic mass is 16.6. The number of Topliss-reactive ketones (excluding diaryl/α,β-unsaturated/α-hetero) is 1. The van der Waals surface area contributed by atoms with Gasteiger partial charge in [0.15, 0.2) is 5.78 Å². The van der Waals surface area contributed by atoms with Gasteiger partial charge in [-0.2, -0.15) is 5.26 Å². The molecule has 31 heavy (non-hydrogen) atoms. The Bertz CT molecular complexity index is 1160. The van der Waals surface area contributed by atoms with E-state index in [1.165, 1.54) is 12.1 Å². The Balaban J connectivity index is 1.89. The van der Waals surface area contributed by atoms with Gasteiger partial charge in [-0.15, -0.1) is 0 Å². The average molecular weight is 416 g/mol. The highest BCUT2D eigenvalue weighted by molar-refractivity contribution is 6.01. The van der Waals surface area contributed by atoms with Crippen LogP contribution < -0.4 is 15.4 Å². The zero-order valence-corrected chi connectivity index (χ0v) is 16.9. The first kappa shape index (κ1) is 20.2. The molecule has 0 saturated heterocycles. The van der Waals surface area contributed by atoms with Gasteiger partial charge in [-0.25, -0.2) is 0 Å². The van der Waals surface area contributed by atoms with E-state index in [9.17, 15) is 20.2 Å².